The molecule has 4 heteroatoms. The number of aromatic amines is 1. The predicted octanol–water partition coefficient (Wildman–Crippen LogP) is 1.26. The third kappa shape index (κ3) is 2.34. The van der Waals surface area contributed by atoms with Crippen molar-refractivity contribution >= 4 is 5.97 Å². The van der Waals surface area contributed by atoms with Crippen LogP contribution in [0.15, 0.2) is 12.3 Å². The molecule has 0 radical (unpaired) electrons. The maximum Gasteiger partial charge on any atom is 0.354 e. The molecular weight excluding hydrogens is 168 g/mol. The first-order valence-corrected chi connectivity index (χ1v) is 3.99. The van der Waals surface area contributed by atoms with Gasteiger partial charge in [-0.2, -0.15) is 5.26 Å². The molecule has 0 amide bonds. The summed E-state index contributed by atoms with van der Waals surface area (Å²) in [4.78, 5) is 13.9. The second-order valence-corrected chi connectivity index (χ2v) is 2.48. The fourth-order valence-corrected chi connectivity index (χ4v) is 0.959. The highest BCUT2D eigenvalue weighted by molar-refractivity contribution is 5.87. The Hall–Kier alpha value is -1.76. The van der Waals surface area contributed by atoms with E-state index in [2.05, 4.69) is 4.98 Å². The standard InChI is InChI=1S/C9H10N2O2/c1-2-13-9(12)8-5-7(3-4-10)6-11-8/h5-6,11H,2-3H2,1H3. The van der Waals surface area contributed by atoms with Gasteiger partial charge in [0.1, 0.15) is 5.69 Å². The number of nitrogens with zero attached hydrogens (tertiary/aromatic N) is 1. The number of nitrogens with one attached hydrogen (secondary N) is 1. The topological polar surface area (TPSA) is 65.9 Å². The lowest BCUT2D eigenvalue weighted by Crippen LogP contribution is -2.04. The van der Waals surface area contributed by atoms with Gasteiger partial charge < -0.3 is 9.72 Å². The van der Waals surface area contributed by atoms with Gasteiger partial charge in [0.15, 0.2) is 0 Å². The average molecular weight is 178 g/mol. The van der Waals surface area contributed by atoms with E-state index >= 15 is 0 Å². The third-order valence-corrected chi connectivity index (χ3v) is 1.52. The SMILES string of the molecule is CCOC(=O)c1cc(CC#N)c[nH]1. The Kier molecular flexibility index (Phi) is 3.09. The predicted molar refractivity (Wildman–Crippen MR) is 46.1 cm³/mol. The minimum atomic E-state index is -0.383. The van der Waals surface area contributed by atoms with Crippen LogP contribution >= 0.6 is 0 Å². The second kappa shape index (κ2) is 4.31. The van der Waals surface area contributed by atoms with Gasteiger partial charge in [0.2, 0.25) is 0 Å². The minimum Gasteiger partial charge on any atom is -0.461 e. The van der Waals surface area contributed by atoms with Gasteiger partial charge in [-0.05, 0) is 18.6 Å². The van der Waals surface area contributed by atoms with Crippen LogP contribution in [0.4, 0.5) is 0 Å². The van der Waals surface area contributed by atoms with Crippen LogP contribution in [0.2, 0.25) is 0 Å². The van der Waals surface area contributed by atoms with Crippen LogP contribution in [-0.4, -0.2) is 17.6 Å². The van der Waals surface area contributed by atoms with E-state index in [0.29, 0.717) is 18.7 Å². The van der Waals surface area contributed by atoms with Crippen molar-refractivity contribution in [1.29, 1.82) is 5.26 Å². The summed E-state index contributed by atoms with van der Waals surface area (Å²) in [7, 11) is 0. The Morgan fingerprint density at radius 3 is 3.15 bits per heavy atom. The van der Waals surface area contributed by atoms with E-state index in [1.165, 1.54) is 0 Å². The highest BCUT2D eigenvalue weighted by Gasteiger charge is 2.08. The molecular formula is C9H10N2O2. The van der Waals surface area contributed by atoms with Gasteiger partial charge >= 0.3 is 5.97 Å². The maximum atomic E-state index is 11.1. The molecule has 0 aliphatic heterocycles. The molecule has 0 atom stereocenters. The summed E-state index contributed by atoms with van der Waals surface area (Å²) in [6.45, 7) is 2.10. The molecule has 0 aliphatic rings. The molecule has 0 saturated heterocycles. The second-order valence-electron chi connectivity index (χ2n) is 2.48. The van der Waals surface area contributed by atoms with Crippen molar-refractivity contribution in [2.24, 2.45) is 0 Å². The van der Waals surface area contributed by atoms with E-state index in [4.69, 9.17) is 10.00 Å². The number of aromatic nitrogens is 1. The van der Waals surface area contributed by atoms with Gasteiger partial charge in [-0.3, -0.25) is 0 Å². The summed E-state index contributed by atoms with van der Waals surface area (Å²) in [6, 6.07) is 3.62. The number of H-pyrrole nitrogens is 1. The molecule has 0 saturated carbocycles. The summed E-state index contributed by atoms with van der Waals surface area (Å²) in [5, 5.41) is 8.39. The third-order valence-electron chi connectivity index (χ3n) is 1.52. The molecule has 68 valence electrons. The fraction of sp³-hybridized carbons (Fsp3) is 0.333. The maximum absolute atomic E-state index is 11.1. The molecule has 13 heavy (non-hydrogen) atoms. The van der Waals surface area contributed by atoms with E-state index in [-0.39, 0.29) is 5.97 Å². The van der Waals surface area contributed by atoms with Crippen molar-refractivity contribution < 1.29 is 9.53 Å². The van der Waals surface area contributed by atoms with Gasteiger partial charge in [0.05, 0.1) is 19.1 Å². The Morgan fingerprint density at radius 1 is 1.77 bits per heavy atom. The molecule has 1 aromatic rings. The highest BCUT2D eigenvalue weighted by Crippen LogP contribution is 2.05. The monoisotopic (exact) mass is 178 g/mol. The van der Waals surface area contributed by atoms with Crippen LogP contribution < -0.4 is 0 Å². The molecule has 0 fully saturated rings. The zero-order valence-corrected chi connectivity index (χ0v) is 7.33. The van der Waals surface area contributed by atoms with Crippen molar-refractivity contribution in [2.75, 3.05) is 6.61 Å². The molecule has 1 aromatic heterocycles. The molecule has 0 bridgehead atoms. The number of hydrogen-bond acceptors (Lipinski definition) is 3. The number of nitriles is 1. The first kappa shape index (κ1) is 9.33. The van der Waals surface area contributed by atoms with Gasteiger partial charge in [-0.15, -0.1) is 0 Å². The van der Waals surface area contributed by atoms with E-state index in [1.807, 2.05) is 6.07 Å². The number of hydrogen-bond donors (Lipinski definition) is 1. The van der Waals surface area contributed by atoms with Gasteiger partial charge in [-0.1, -0.05) is 0 Å². The van der Waals surface area contributed by atoms with Crippen molar-refractivity contribution in [2.45, 2.75) is 13.3 Å². The van der Waals surface area contributed by atoms with Gasteiger partial charge in [0.25, 0.3) is 0 Å². The number of carbonyl (C=O) groups is 1. The van der Waals surface area contributed by atoms with Gasteiger partial charge in [-0.25, -0.2) is 4.79 Å². The van der Waals surface area contributed by atoms with E-state index in [9.17, 15) is 4.79 Å². The molecule has 0 aliphatic carbocycles. The number of rotatable bonds is 3. The zero-order valence-electron chi connectivity index (χ0n) is 7.33. The van der Waals surface area contributed by atoms with Crippen LogP contribution in [0.5, 0.6) is 0 Å². The van der Waals surface area contributed by atoms with Crippen LogP contribution in [0.3, 0.4) is 0 Å². The lowest BCUT2D eigenvalue weighted by molar-refractivity contribution is 0.0520. The Bertz CT molecular complexity index is 336. The van der Waals surface area contributed by atoms with Crippen molar-refractivity contribution in [3.8, 4) is 6.07 Å². The first-order chi connectivity index (χ1) is 6.27. The summed E-state index contributed by atoms with van der Waals surface area (Å²) in [6.07, 6.45) is 1.94. The molecule has 0 aromatic carbocycles. The van der Waals surface area contributed by atoms with E-state index < -0.39 is 0 Å². The fourth-order valence-electron chi connectivity index (χ4n) is 0.959. The van der Waals surface area contributed by atoms with Gasteiger partial charge in [0, 0.05) is 6.20 Å². The molecule has 1 rings (SSSR count). The molecule has 4 nitrogen and oxygen atoms in total. The number of esters is 1. The average Bonchev–Trinajstić information content (AvgIpc) is 2.54. The van der Waals surface area contributed by atoms with Crippen LogP contribution in [0.25, 0.3) is 0 Å². The smallest absolute Gasteiger partial charge is 0.354 e. The van der Waals surface area contributed by atoms with E-state index in [0.717, 1.165) is 5.56 Å². The lowest BCUT2D eigenvalue weighted by atomic mass is 10.2. The van der Waals surface area contributed by atoms with Crippen LogP contribution in [0.1, 0.15) is 23.0 Å². The summed E-state index contributed by atoms with van der Waals surface area (Å²) in [5.41, 5.74) is 1.19. The molecule has 0 spiro atoms. The van der Waals surface area contributed by atoms with E-state index in [1.54, 1.807) is 19.2 Å². The molecule has 0 unspecified atom stereocenters. The van der Waals surface area contributed by atoms with Crippen LogP contribution in [-0.2, 0) is 11.2 Å². The first-order valence-electron chi connectivity index (χ1n) is 3.99. The summed E-state index contributed by atoms with van der Waals surface area (Å²) in [5.74, 6) is -0.383. The van der Waals surface area contributed by atoms with Crippen molar-refractivity contribution in [3.05, 3.63) is 23.5 Å². The highest BCUT2D eigenvalue weighted by atomic mass is 16.5. The van der Waals surface area contributed by atoms with Crippen molar-refractivity contribution in [3.63, 3.8) is 0 Å². The normalized spacial score (nSPS) is 9.23. The lowest BCUT2D eigenvalue weighted by Gasteiger charge is -1.96. The van der Waals surface area contributed by atoms with Crippen molar-refractivity contribution in [1.82, 2.24) is 4.98 Å². The largest absolute Gasteiger partial charge is 0.461 e. The number of ether oxygens (including phenoxy) is 1. The Balaban J connectivity index is 2.69. The molecule has 1 heterocycles. The zero-order chi connectivity index (χ0) is 9.68. The number of carbonyl (C=O) groups excluding carboxylic acids is 1. The minimum absolute atomic E-state index is 0.301. The quantitative estimate of drug-likeness (QED) is 0.708. The summed E-state index contributed by atoms with van der Waals surface area (Å²) < 4.78 is 4.77. The Morgan fingerprint density at radius 2 is 2.54 bits per heavy atom. The molecule has 1 N–H and O–H groups in total. The summed E-state index contributed by atoms with van der Waals surface area (Å²) >= 11 is 0. The Labute approximate surface area is 76.1 Å². The van der Waals surface area contributed by atoms with Crippen LogP contribution in [0, 0.1) is 11.3 Å².